The monoisotopic (exact) mass is 239 g/mol. The summed E-state index contributed by atoms with van der Waals surface area (Å²) in [4.78, 5) is 2.27. The molecule has 1 aliphatic rings. The van der Waals surface area contributed by atoms with E-state index in [1.807, 2.05) is 13.0 Å². The average Bonchev–Trinajstić information content (AvgIpc) is 2.22. The lowest BCUT2D eigenvalue weighted by molar-refractivity contribution is 0.0668. The number of nitrogens with zero attached hydrogens (tertiary/aromatic N) is 1. The number of aliphatic hydroxyl groups is 1. The van der Waals surface area contributed by atoms with Crippen LogP contribution in [-0.2, 0) is 6.54 Å². The lowest BCUT2D eigenvalue weighted by Gasteiger charge is -2.30. The number of likely N-dealkylation sites (tertiary alicyclic amines) is 1. The number of halogens is 1. The minimum Gasteiger partial charge on any atom is -0.392 e. The molecule has 1 heterocycles. The molecule has 16 heavy (non-hydrogen) atoms. The van der Waals surface area contributed by atoms with Crippen LogP contribution < -0.4 is 0 Å². The van der Waals surface area contributed by atoms with Crippen molar-refractivity contribution in [1.29, 1.82) is 0 Å². The molecule has 2 nitrogen and oxygen atoms in total. The Bertz CT molecular complexity index is 367. The molecule has 1 aromatic rings. The van der Waals surface area contributed by atoms with Crippen LogP contribution in [0.2, 0.25) is 5.02 Å². The van der Waals surface area contributed by atoms with Gasteiger partial charge in [0.05, 0.1) is 6.10 Å². The third-order valence-corrected chi connectivity index (χ3v) is 3.44. The Kier molecular flexibility index (Phi) is 3.85. The predicted molar refractivity (Wildman–Crippen MR) is 66.7 cm³/mol. The smallest absolute Gasteiger partial charge is 0.0667 e. The van der Waals surface area contributed by atoms with Crippen molar-refractivity contribution >= 4 is 11.6 Å². The number of rotatable bonds is 2. The number of β-amino-alcohol motifs (C(OH)–C–C–N with tert-alkyl or cyclic N) is 1. The van der Waals surface area contributed by atoms with Crippen LogP contribution in [0.3, 0.4) is 0 Å². The number of aryl methyl sites for hydroxylation is 1. The minimum atomic E-state index is -0.169. The second-order valence-corrected chi connectivity index (χ2v) is 5.03. The molecule has 2 rings (SSSR count). The zero-order valence-corrected chi connectivity index (χ0v) is 10.4. The van der Waals surface area contributed by atoms with Gasteiger partial charge in [0, 0.05) is 18.1 Å². The summed E-state index contributed by atoms with van der Waals surface area (Å²) in [5, 5.41) is 10.4. The largest absolute Gasteiger partial charge is 0.392 e. The summed E-state index contributed by atoms with van der Waals surface area (Å²) < 4.78 is 0. The first kappa shape index (κ1) is 11.9. The summed E-state index contributed by atoms with van der Waals surface area (Å²) in [6, 6.07) is 6.16. The Balaban J connectivity index is 2.02. The van der Waals surface area contributed by atoms with Gasteiger partial charge < -0.3 is 5.11 Å². The summed E-state index contributed by atoms with van der Waals surface area (Å²) in [6.07, 6.45) is 1.83. The number of piperidine rings is 1. The van der Waals surface area contributed by atoms with Gasteiger partial charge in [-0.15, -0.1) is 0 Å². The maximum atomic E-state index is 9.60. The van der Waals surface area contributed by atoms with Crippen LogP contribution in [0.5, 0.6) is 0 Å². The van der Waals surface area contributed by atoms with E-state index in [9.17, 15) is 5.11 Å². The van der Waals surface area contributed by atoms with E-state index in [2.05, 4.69) is 17.0 Å². The fourth-order valence-corrected chi connectivity index (χ4v) is 2.49. The van der Waals surface area contributed by atoms with E-state index < -0.39 is 0 Å². The first-order valence-electron chi connectivity index (χ1n) is 5.80. The highest BCUT2D eigenvalue weighted by Gasteiger charge is 2.18. The van der Waals surface area contributed by atoms with Crippen LogP contribution in [0, 0.1) is 6.92 Å². The van der Waals surface area contributed by atoms with Gasteiger partial charge in [-0.25, -0.2) is 0 Å². The third-order valence-electron chi connectivity index (χ3n) is 3.08. The first-order valence-corrected chi connectivity index (χ1v) is 6.18. The molecule has 1 unspecified atom stereocenters. The number of aliphatic hydroxyl groups excluding tert-OH is 1. The van der Waals surface area contributed by atoms with Crippen molar-refractivity contribution in [3.8, 4) is 0 Å². The number of benzene rings is 1. The Morgan fingerprint density at radius 2 is 2.31 bits per heavy atom. The van der Waals surface area contributed by atoms with Gasteiger partial charge in [-0.3, -0.25) is 4.90 Å². The van der Waals surface area contributed by atoms with Crippen molar-refractivity contribution in [1.82, 2.24) is 4.90 Å². The maximum Gasteiger partial charge on any atom is 0.0667 e. The van der Waals surface area contributed by atoms with Crippen LogP contribution >= 0.6 is 11.6 Å². The van der Waals surface area contributed by atoms with E-state index in [1.165, 1.54) is 5.56 Å². The Morgan fingerprint density at radius 3 is 3.00 bits per heavy atom. The van der Waals surface area contributed by atoms with Gasteiger partial charge in [0.1, 0.15) is 0 Å². The summed E-state index contributed by atoms with van der Waals surface area (Å²) >= 11 is 6.20. The van der Waals surface area contributed by atoms with Crippen molar-refractivity contribution in [3.63, 3.8) is 0 Å². The second kappa shape index (κ2) is 5.17. The van der Waals surface area contributed by atoms with Crippen molar-refractivity contribution in [3.05, 3.63) is 34.3 Å². The van der Waals surface area contributed by atoms with Crippen molar-refractivity contribution in [2.24, 2.45) is 0 Å². The van der Waals surface area contributed by atoms with Gasteiger partial charge in [0.25, 0.3) is 0 Å². The molecular formula is C13H18ClNO. The van der Waals surface area contributed by atoms with Crippen LogP contribution in [0.25, 0.3) is 0 Å². The van der Waals surface area contributed by atoms with E-state index in [0.717, 1.165) is 43.1 Å². The van der Waals surface area contributed by atoms with Crippen molar-refractivity contribution in [2.45, 2.75) is 32.4 Å². The zero-order chi connectivity index (χ0) is 11.5. The molecular weight excluding hydrogens is 222 g/mol. The lowest BCUT2D eigenvalue weighted by Crippen LogP contribution is -2.37. The number of hydrogen-bond acceptors (Lipinski definition) is 2. The number of hydrogen-bond donors (Lipinski definition) is 1. The Hall–Kier alpha value is -0.570. The third kappa shape index (κ3) is 2.97. The molecule has 1 N–H and O–H groups in total. The van der Waals surface area contributed by atoms with E-state index in [-0.39, 0.29) is 6.10 Å². The van der Waals surface area contributed by atoms with Gasteiger partial charge in [-0.05, 0) is 43.5 Å². The van der Waals surface area contributed by atoms with Gasteiger partial charge in [-0.1, -0.05) is 23.7 Å². The lowest BCUT2D eigenvalue weighted by atomic mass is 10.1. The van der Waals surface area contributed by atoms with E-state index in [0.29, 0.717) is 0 Å². The van der Waals surface area contributed by atoms with Gasteiger partial charge in [-0.2, -0.15) is 0 Å². The van der Waals surface area contributed by atoms with Crippen LogP contribution in [0.15, 0.2) is 18.2 Å². The molecule has 88 valence electrons. The molecule has 0 saturated carbocycles. The minimum absolute atomic E-state index is 0.169. The van der Waals surface area contributed by atoms with Gasteiger partial charge >= 0.3 is 0 Å². The predicted octanol–water partition coefficient (Wildman–Crippen LogP) is 2.61. The molecule has 1 fully saturated rings. The summed E-state index contributed by atoms with van der Waals surface area (Å²) in [5.41, 5.74) is 2.34. The molecule has 0 aliphatic carbocycles. The molecule has 3 heteroatoms. The maximum absolute atomic E-state index is 9.60. The Labute approximate surface area is 102 Å². The fourth-order valence-electron chi connectivity index (χ4n) is 2.20. The molecule has 1 aliphatic heterocycles. The fraction of sp³-hybridized carbons (Fsp3) is 0.538. The molecule has 0 bridgehead atoms. The van der Waals surface area contributed by atoms with E-state index >= 15 is 0 Å². The van der Waals surface area contributed by atoms with Crippen LogP contribution in [0.1, 0.15) is 24.0 Å². The molecule has 0 spiro atoms. The highest BCUT2D eigenvalue weighted by Crippen LogP contribution is 2.21. The van der Waals surface area contributed by atoms with Crippen molar-refractivity contribution < 1.29 is 5.11 Å². The Morgan fingerprint density at radius 1 is 1.50 bits per heavy atom. The van der Waals surface area contributed by atoms with E-state index in [4.69, 9.17) is 11.6 Å². The highest BCUT2D eigenvalue weighted by molar-refractivity contribution is 6.31. The van der Waals surface area contributed by atoms with Gasteiger partial charge in [0.15, 0.2) is 0 Å². The summed E-state index contributed by atoms with van der Waals surface area (Å²) in [5.74, 6) is 0. The quantitative estimate of drug-likeness (QED) is 0.858. The zero-order valence-electron chi connectivity index (χ0n) is 9.62. The molecule has 1 aromatic carbocycles. The molecule has 1 atom stereocenters. The first-order chi connectivity index (χ1) is 7.65. The molecule has 1 saturated heterocycles. The molecule has 0 amide bonds. The van der Waals surface area contributed by atoms with Crippen molar-refractivity contribution in [2.75, 3.05) is 13.1 Å². The molecule has 0 aromatic heterocycles. The summed E-state index contributed by atoms with van der Waals surface area (Å²) in [7, 11) is 0. The van der Waals surface area contributed by atoms with Gasteiger partial charge in [0.2, 0.25) is 0 Å². The van der Waals surface area contributed by atoms with Crippen LogP contribution in [-0.4, -0.2) is 29.2 Å². The SMILES string of the molecule is Cc1ccc(CN2CCCC(O)C2)c(Cl)c1. The topological polar surface area (TPSA) is 23.5 Å². The summed E-state index contributed by atoms with van der Waals surface area (Å²) in [6.45, 7) is 4.71. The second-order valence-electron chi connectivity index (χ2n) is 4.63. The highest BCUT2D eigenvalue weighted by atomic mass is 35.5. The van der Waals surface area contributed by atoms with Crippen LogP contribution in [0.4, 0.5) is 0 Å². The standard InChI is InChI=1S/C13H18ClNO/c1-10-4-5-11(13(14)7-10)8-15-6-2-3-12(16)9-15/h4-5,7,12,16H,2-3,6,8-9H2,1H3. The average molecular weight is 240 g/mol. The van der Waals surface area contributed by atoms with E-state index in [1.54, 1.807) is 0 Å². The normalized spacial score (nSPS) is 22.3. The molecule has 0 radical (unpaired) electrons.